The zero-order chi connectivity index (χ0) is 79.2. The Labute approximate surface area is 661 Å². The molecule has 0 aliphatic heterocycles. The molecular formula is C94H70N12O9. The molecule has 17 aromatic rings. The molecule has 0 aliphatic rings. The number of aldehydes is 1. The number of hydrogen-bond acceptors (Lipinski definition) is 21. The minimum atomic E-state index is 0.0542. The average Bonchev–Trinajstić information content (AvgIpc) is 0.774. The van der Waals surface area contributed by atoms with E-state index in [-0.39, 0.29) is 29.0 Å². The normalized spacial score (nSPS) is 10.6. The van der Waals surface area contributed by atoms with Crippen molar-refractivity contribution in [2.45, 2.75) is 0 Å². The highest BCUT2D eigenvalue weighted by Gasteiger charge is 2.22. The summed E-state index contributed by atoms with van der Waals surface area (Å²) in [5.74, 6) is 7.24. The minimum Gasteiger partial charge on any atom is -0.507 e. The van der Waals surface area contributed by atoms with Crippen molar-refractivity contribution in [2.24, 2.45) is 0 Å². The van der Waals surface area contributed by atoms with E-state index in [1.165, 1.54) is 14.2 Å². The fourth-order valence-electron chi connectivity index (χ4n) is 11.9. The van der Waals surface area contributed by atoms with Crippen LogP contribution in [0.15, 0.2) is 340 Å². The van der Waals surface area contributed by atoms with Gasteiger partial charge in [0.25, 0.3) is 0 Å². The second-order valence-electron chi connectivity index (χ2n) is 25.2. The second-order valence-corrected chi connectivity index (χ2v) is 25.2. The van der Waals surface area contributed by atoms with Gasteiger partial charge in [-0.05, 0) is 83.9 Å². The molecule has 21 heteroatoms. The summed E-state index contributed by atoms with van der Waals surface area (Å²) in [4.78, 5) is 66.5. The van der Waals surface area contributed by atoms with E-state index in [2.05, 4.69) is 79.1 Å². The van der Waals surface area contributed by atoms with Gasteiger partial charge in [-0.15, -0.1) is 0 Å². The summed E-state index contributed by atoms with van der Waals surface area (Å²) in [6, 6.07) is 105. The van der Waals surface area contributed by atoms with Crippen LogP contribution in [-0.4, -0.2) is 108 Å². The molecule has 17 rings (SSSR count). The molecule has 13 aromatic carbocycles. The number of para-hydroxylation sites is 4. The molecule has 0 spiro atoms. The predicted octanol–water partition coefficient (Wildman–Crippen LogP) is 19.9. The summed E-state index contributed by atoms with van der Waals surface area (Å²) >= 11 is 0. The van der Waals surface area contributed by atoms with E-state index in [0.29, 0.717) is 127 Å². The first-order valence-electron chi connectivity index (χ1n) is 36.1. The zero-order valence-electron chi connectivity index (χ0n) is 62.1. The van der Waals surface area contributed by atoms with E-state index in [9.17, 15) is 25.2 Å². The highest BCUT2D eigenvalue weighted by molar-refractivity contribution is 5.86. The largest absolute Gasteiger partial charge is 0.507 e. The van der Waals surface area contributed by atoms with Gasteiger partial charge < -0.3 is 39.4 Å². The van der Waals surface area contributed by atoms with Crippen LogP contribution >= 0.6 is 0 Å². The Hall–Kier alpha value is -16.0. The number of carbonyl (C=O) groups is 1. The molecule has 0 atom stereocenters. The number of aromatic hydroxyl groups is 4. The summed E-state index contributed by atoms with van der Waals surface area (Å²) in [6.07, 6.45) is 0.678. The van der Waals surface area contributed by atoms with Crippen LogP contribution in [0.3, 0.4) is 0 Å². The quantitative estimate of drug-likeness (QED) is 0.0581. The van der Waals surface area contributed by atoms with Crippen LogP contribution in [0.4, 0.5) is 0 Å². The lowest BCUT2D eigenvalue weighted by Gasteiger charge is -2.13. The topological polar surface area (TPSA) is 290 Å². The van der Waals surface area contributed by atoms with Crippen LogP contribution in [-0.2, 0) is 0 Å². The number of methoxy groups -OCH3 is 3. The molecule has 0 saturated carbocycles. The third-order valence-electron chi connectivity index (χ3n) is 17.7. The summed E-state index contributed by atoms with van der Waals surface area (Å²) in [7, 11) is 4.50. The van der Waals surface area contributed by atoms with Crippen molar-refractivity contribution >= 4 is 6.29 Å². The van der Waals surface area contributed by atoms with Gasteiger partial charge in [0.2, 0.25) is 0 Å². The van der Waals surface area contributed by atoms with Gasteiger partial charge in [0.05, 0.1) is 49.1 Å². The van der Waals surface area contributed by atoms with Gasteiger partial charge in [-0.25, -0.2) is 49.8 Å². The number of nitrogens with zero attached hydrogens (tertiary/aromatic N) is 12. The molecular weight excluding hydrogens is 1440 g/mol. The van der Waals surface area contributed by atoms with Crippen LogP contribution in [0.2, 0.25) is 0 Å². The number of aromatic nitrogens is 12. The lowest BCUT2D eigenvalue weighted by molar-refractivity contribution is 0.111. The van der Waals surface area contributed by atoms with Gasteiger partial charge in [0.15, 0.2) is 70.4 Å². The number of rotatable bonds is 18. The molecule has 0 aliphatic carbocycles. The van der Waals surface area contributed by atoms with Crippen molar-refractivity contribution in [3.05, 3.63) is 345 Å². The van der Waals surface area contributed by atoms with Gasteiger partial charge >= 0.3 is 6.01 Å². The Kier molecular flexibility index (Phi) is 24.0. The minimum absolute atomic E-state index is 0.0542. The Bertz CT molecular complexity index is 6070. The Balaban J connectivity index is 0.000000127. The maximum Gasteiger partial charge on any atom is 0.326 e. The monoisotopic (exact) mass is 1510 g/mol. The fourth-order valence-corrected chi connectivity index (χ4v) is 11.9. The molecule has 0 amide bonds. The van der Waals surface area contributed by atoms with Crippen LogP contribution in [0.1, 0.15) is 10.4 Å². The highest BCUT2D eigenvalue weighted by Crippen LogP contribution is 2.38. The molecule has 0 unspecified atom stereocenters. The number of carbonyl (C=O) groups excluding carboxylic acids is 1. The molecule has 560 valence electrons. The smallest absolute Gasteiger partial charge is 0.326 e. The summed E-state index contributed by atoms with van der Waals surface area (Å²) in [6.45, 7) is 0. The van der Waals surface area contributed by atoms with E-state index < -0.39 is 0 Å². The third kappa shape index (κ3) is 18.6. The first kappa shape index (κ1) is 75.8. The van der Waals surface area contributed by atoms with Crippen molar-refractivity contribution in [1.82, 2.24) is 59.8 Å². The first-order chi connectivity index (χ1) is 56.4. The fraction of sp³-hybridized carbons (Fsp3) is 0.0319. The summed E-state index contributed by atoms with van der Waals surface area (Å²) in [5.41, 5.74) is 10.4. The molecule has 21 nitrogen and oxygen atoms in total. The van der Waals surface area contributed by atoms with Crippen molar-refractivity contribution in [2.75, 3.05) is 21.3 Å². The van der Waals surface area contributed by atoms with E-state index in [1.54, 1.807) is 92.0 Å². The Morgan fingerprint density at radius 2 is 0.487 bits per heavy atom. The first-order valence-corrected chi connectivity index (χ1v) is 36.1. The van der Waals surface area contributed by atoms with Crippen molar-refractivity contribution in [1.29, 1.82) is 0 Å². The lowest BCUT2D eigenvalue weighted by Crippen LogP contribution is -2.02. The van der Waals surface area contributed by atoms with E-state index >= 15 is 0 Å². The van der Waals surface area contributed by atoms with Crippen molar-refractivity contribution < 1.29 is 44.2 Å². The number of benzene rings is 13. The predicted molar refractivity (Wildman–Crippen MR) is 443 cm³/mol. The number of phenols is 4. The highest BCUT2D eigenvalue weighted by atomic mass is 16.5. The molecule has 4 N–H and O–H groups in total. The van der Waals surface area contributed by atoms with Crippen molar-refractivity contribution in [3.8, 4) is 188 Å². The number of hydrogen-bond donors (Lipinski definition) is 4. The number of ether oxygens (including phenoxy) is 4. The summed E-state index contributed by atoms with van der Waals surface area (Å²) in [5, 5.41) is 41.3. The molecule has 0 bridgehead atoms. The SMILES string of the molecule is COc1cc(-c2nc(-c3ccccc3)nc(-c3ccccc3O)n2)cc(OC)c1C=O.COc1ccc(-c2nc(-c3ccccc3)nc(-c3ccccc3)n2)c(O)c1.Oc1ccccc1-c1nc(-c2ccccc2)nc(-c2ccc(-c3ccccc3)cc2)n1.Oc1ccccc1-c1nc(Oc2ccccc2)nc(-c2ccccc2)n1. The van der Waals surface area contributed by atoms with Crippen LogP contribution in [0.5, 0.6) is 52.0 Å². The van der Waals surface area contributed by atoms with Gasteiger partial charge in [-0.2, -0.15) is 9.97 Å². The molecule has 0 saturated heterocycles. The molecule has 4 aromatic heterocycles. The van der Waals surface area contributed by atoms with Crippen LogP contribution < -0.4 is 18.9 Å². The van der Waals surface area contributed by atoms with E-state index in [1.807, 2.05) is 231 Å². The molecule has 0 radical (unpaired) electrons. The number of phenolic OH excluding ortho intramolecular Hbond substituents is 4. The summed E-state index contributed by atoms with van der Waals surface area (Å²) < 4.78 is 21.7. The molecule has 115 heavy (non-hydrogen) atoms. The van der Waals surface area contributed by atoms with E-state index in [4.69, 9.17) is 23.9 Å². The maximum absolute atomic E-state index is 11.5. The Morgan fingerprint density at radius 1 is 0.226 bits per heavy atom. The average molecular weight is 1510 g/mol. The Morgan fingerprint density at radius 3 is 0.817 bits per heavy atom. The van der Waals surface area contributed by atoms with Gasteiger partial charge in [-0.3, -0.25) is 4.79 Å². The zero-order valence-corrected chi connectivity index (χ0v) is 62.1. The van der Waals surface area contributed by atoms with Gasteiger partial charge in [-0.1, -0.05) is 261 Å². The third-order valence-corrected chi connectivity index (χ3v) is 17.7. The van der Waals surface area contributed by atoms with E-state index in [0.717, 1.165) is 44.5 Å². The second kappa shape index (κ2) is 36.5. The van der Waals surface area contributed by atoms with Gasteiger partial charge in [0.1, 0.15) is 46.0 Å². The lowest BCUT2D eigenvalue weighted by atomic mass is 10.0. The van der Waals surface area contributed by atoms with Crippen molar-refractivity contribution in [3.63, 3.8) is 0 Å². The standard InChI is InChI=1S/C27H19N3O.C24H19N3O4.C22H17N3O2.C21H15N3O2/c31-24-14-8-7-13-23(24)27-29-25(21-11-5-2-6-12-21)28-26(30-27)22-17-15-20(16-18-22)19-9-3-1-4-10-19;1-30-20-12-16(13-21(31-2)18(20)14-28)23-25-22(15-8-4-3-5-9-15)26-24(27-23)17-10-6-7-11-19(17)29;1-27-17-12-13-18(19(26)14-17)22-24-20(15-8-4-2-5-9-15)23-21(25-22)16-10-6-3-7-11-16;25-18-14-8-7-13-17(18)20-22-19(15-9-3-1-4-10-15)23-21(24-20)26-16-11-5-2-6-12-16/h1-18,31H;3-14,29H,1-2H3;2-14,26H,1H3;1-14,25H. The van der Waals surface area contributed by atoms with Gasteiger partial charge in [0, 0.05) is 45.0 Å². The van der Waals surface area contributed by atoms with Crippen LogP contribution in [0.25, 0.3) is 136 Å². The molecule has 0 fully saturated rings. The maximum atomic E-state index is 11.5. The van der Waals surface area contributed by atoms with Crippen LogP contribution in [0, 0.1) is 0 Å². The molecule has 4 heterocycles.